The normalized spacial score (nSPS) is 11.1. The fraction of sp³-hybridized carbons (Fsp3) is 0. The second kappa shape index (κ2) is 2.33. The van der Waals surface area contributed by atoms with Gasteiger partial charge in [0.2, 0.25) is 0 Å². The van der Waals surface area contributed by atoms with Crippen molar-refractivity contribution >= 4 is 21.9 Å². The predicted molar refractivity (Wildman–Crippen MR) is 51.5 cm³/mol. The van der Waals surface area contributed by atoms with Gasteiger partial charge >= 0.3 is 0 Å². The molecule has 0 spiro atoms. The molecule has 3 aromatic rings. The van der Waals surface area contributed by atoms with Crippen LogP contribution in [-0.4, -0.2) is 4.98 Å². The molecule has 1 aromatic carbocycles. The molecule has 0 aliphatic rings. The molecule has 0 bridgehead atoms. The van der Waals surface area contributed by atoms with E-state index >= 15 is 0 Å². The summed E-state index contributed by atoms with van der Waals surface area (Å²) in [5, 5.41) is 2.28. The Balaban J connectivity index is 2.65. The van der Waals surface area contributed by atoms with Crippen LogP contribution < -0.4 is 0 Å². The minimum absolute atomic E-state index is 0.917. The number of aromatic nitrogens is 1. The van der Waals surface area contributed by atoms with Gasteiger partial charge in [0.1, 0.15) is 5.58 Å². The Labute approximate surface area is 74.8 Å². The van der Waals surface area contributed by atoms with Crippen molar-refractivity contribution in [1.29, 1.82) is 0 Å². The van der Waals surface area contributed by atoms with E-state index in [-0.39, 0.29) is 0 Å². The van der Waals surface area contributed by atoms with Gasteiger partial charge in [0.05, 0.1) is 11.8 Å². The Kier molecular flexibility index (Phi) is 1.19. The molecule has 2 nitrogen and oxygen atoms in total. The molecule has 13 heavy (non-hydrogen) atoms. The van der Waals surface area contributed by atoms with Crippen molar-refractivity contribution in [3.63, 3.8) is 0 Å². The van der Waals surface area contributed by atoms with Gasteiger partial charge < -0.3 is 4.42 Å². The van der Waals surface area contributed by atoms with E-state index in [0.717, 1.165) is 21.9 Å². The molecule has 0 saturated heterocycles. The first-order valence-corrected chi connectivity index (χ1v) is 4.16. The summed E-state index contributed by atoms with van der Waals surface area (Å²) in [4.78, 5) is 4.27. The van der Waals surface area contributed by atoms with Gasteiger partial charge in [-0.25, -0.2) is 0 Å². The lowest BCUT2D eigenvalue weighted by molar-refractivity contribution is 0.616. The molecule has 0 unspecified atom stereocenters. The molecular weight excluding hydrogens is 162 g/mol. The van der Waals surface area contributed by atoms with Gasteiger partial charge in [-0.05, 0) is 24.3 Å². The van der Waals surface area contributed by atoms with Crippen LogP contribution in [0, 0.1) is 0 Å². The summed E-state index contributed by atoms with van der Waals surface area (Å²) < 4.78 is 5.30. The predicted octanol–water partition coefficient (Wildman–Crippen LogP) is 2.98. The molecule has 0 amide bonds. The average molecular weight is 169 g/mol. The highest BCUT2D eigenvalue weighted by Crippen LogP contribution is 2.24. The Morgan fingerprint density at radius 2 is 2.00 bits per heavy atom. The van der Waals surface area contributed by atoms with Crippen LogP contribution >= 0.6 is 0 Å². The molecule has 2 aromatic heterocycles. The van der Waals surface area contributed by atoms with Crippen LogP contribution in [0.2, 0.25) is 0 Å². The topological polar surface area (TPSA) is 26.0 Å². The van der Waals surface area contributed by atoms with Crippen molar-refractivity contribution in [3.05, 3.63) is 42.8 Å². The number of fused-ring (bicyclic) bond motifs is 3. The van der Waals surface area contributed by atoms with Crippen LogP contribution in [0.25, 0.3) is 21.9 Å². The zero-order valence-corrected chi connectivity index (χ0v) is 6.90. The highest BCUT2D eigenvalue weighted by molar-refractivity contribution is 6.03. The number of pyridine rings is 1. The van der Waals surface area contributed by atoms with Crippen molar-refractivity contribution in [2.45, 2.75) is 0 Å². The van der Waals surface area contributed by atoms with Gasteiger partial charge in [-0.1, -0.05) is 6.07 Å². The van der Waals surface area contributed by atoms with E-state index in [9.17, 15) is 0 Å². The molecule has 3 rings (SSSR count). The van der Waals surface area contributed by atoms with E-state index in [1.165, 1.54) is 0 Å². The van der Waals surface area contributed by atoms with Crippen LogP contribution in [0.3, 0.4) is 0 Å². The van der Waals surface area contributed by atoms with E-state index in [2.05, 4.69) is 11.1 Å². The fourth-order valence-corrected chi connectivity index (χ4v) is 1.61. The fourth-order valence-electron chi connectivity index (χ4n) is 1.61. The summed E-state index contributed by atoms with van der Waals surface area (Å²) >= 11 is 0. The highest BCUT2D eigenvalue weighted by atomic mass is 16.3. The molecule has 0 aliphatic heterocycles. The summed E-state index contributed by atoms with van der Waals surface area (Å²) in [7, 11) is 0. The van der Waals surface area contributed by atoms with Crippen LogP contribution in [0.5, 0.6) is 0 Å². The lowest BCUT2D eigenvalue weighted by atomic mass is 10.1. The van der Waals surface area contributed by atoms with Crippen LogP contribution in [-0.2, 0) is 0 Å². The number of furan rings is 1. The molecule has 2 heteroatoms. The molecule has 0 N–H and O–H groups in total. The summed E-state index contributed by atoms with van der Waals surface area (Å²) in [5.74, 6) is 0. The first kappa shape index (κ1) is 6.66. The average Bonchev–Trinajstić information content (AvgIpc) is 2.65. The third kappa shape index (κ3) is 0.855. The van der Waals surface area contributed by atoms with Crippen LogP contribution in [0.15, 0.2) is 47.2 Å². The minimum Gasteiger partial charge on any atom is -0.464 e. The molecule has 62 valence electrons. The standard InChI is InChI=1S/C11H7NO/c1-2-8-9-5-7-13-11(9)4-3-10(8)12-6-1/h1-7H. The van der Waals surface area contributed by atoms with Crippen molar-refractivity contribution < 1.29 is 4.42 Å². The molecule has 0 atom stereocenters. The van der Waals surface area contributed by atoms with E-state index in [0.29, 0.717) is 0 Å². The number of rotatable bonds is 0. The highest BCUT2D eigenvalue weighted by Gasteiger charge is 2.01. The van der Waals surface area contributed by atoms with E-state index in [1.807, 2.05) is 24.3 Å². The van der Waals surface area contributed by atoms with E-state index < -0.39 is 0 Å². The van der Waals surface area contributed by atoms with Gasteiger partial charge in [0.15, 0.2) is 0 Å². The lowest BCUT2D eigenvalue weighted by Gasteiger charge is -1.95. The Morgan fingerprint density at radius 3 is 3.00 bits per heavy atom. The SMILES string of the molecule is c1cnc2ccc3occc3c2c1. The largest absolute Gasteiger partial charge is 0.464 e. The Bertz CT molecular complexity index is 568. The van der Waals surface area contributed by atoms with Crippen LogP contribution in [0.4, 0.5) is 0 Å². The third-order valence-electron chi connectivity index (χ3n) is 2.22. The first-order valence-electron chi connectivity index (χ1n) is 4.16. The van der Waals surface area contributed by atoms with Gasteiger partial charge in [0.25, 0.3) is 0 Å². The molecule has 0 fully saturated rings. The van der Waals surface area contributed by atoms with Gasteiger partial charge in [0, 0.05) is 17.0 Å². The maximum absolute atomic E-state index is 5.30. The number of hydrogen-bond acceptors (Lipinski definition) is 2. The Morgan fingerprint density at radius 1 is 1.00 bits per heavy atom. The van der Waals surface area contributed by atoms with Crippen molar-refractivity contribution in [2.75, 3.05) is 0 Å². The summed E-state index contributed by atoms with van der Waals surface area (Å²) in [5.41, 5.74) is 1.93. The summed E-state index contributed by atoms with van der Waals surface area (Å²) in [6, 6.07) is 9.89. The zero-order chi connectivity index (χ0) is 8.67. The van der Waals surface area contributed by atoms with Crippen molar-refractivity contribution in [2.24, 2.45) is 0 Å². The monoisotopic (exact) mass is 169 g/mol. The number of benzene rings is 1. The first-order chi connectivity index (χ1) is 6.45. The number of hydrogen-bond donors (Lipinski definition) is 0. The lowest BCUT2D eigenvalue weighted by Crippen LogP contribution is -1.76. The van der Waals surface area contributed by atoms with Crippen LogP contribution in [0.1, 0.15) is 0 Å². The minimum atomic E-state index is 0.917. The summed E-state index contributed by atoms with van der Waals surface area (Å²) in [6.45, 7) is 0. The quantitative estimate of drug-likeness (QED) is 0.517. The van der Waals surface area contributed by atoms with Gasteiger partial charge in [-0.15, -0.1) is 0 Å². The van der Waals surface area contributed by atoms with Gasteiger partial charge in [-0.2, -0.15) is 0 Å². The van der Waals surface area contributed by atoms with Crippen molar-refractivity contribution in [1.82, 2.24) is 4.98 Å². The smallest absolute Gasteiger partial charge is 0.134 e. The summed E-state index contributed by atoms with van der Waals surface area (Å²) in [6.07, 6.45) is 3.51. The van der Waals surface area contributed by atoms with E-state index in [1.54, 1.807) is 12.5 Å². The molecule has 0 radical (unpaired) electrons. The molecule has 0 saturated carbocycles. The maximum atomic E-state index is 5.30. The molecule has 0 aliphatic carbocycles. The number of nitrogens with zero attached hydrogens (tertiary/aromatic N) is 1. The second-order valence-electron chi connectivity index (χ2n) is 2.97. The zero-order valence-electron chi connectivity index (χ0n) is 6.90. The Hall–Kier alpha value is -1.83. The van der Waals surface area contributed by atoms with Gasteiger partial charge in [-0.3, -0.25) is 4.98 Å². The molecular formula is C11H7NO. The maximum Gasteiger partial charge on any atom is 0.134 e. The third-order valence-corrected chi connectivity index (χ3v) is 2.22. The second-order valence-corrected chi connectivity index (χ2v) is 2.97. The molecule has 2 heterocycles. The van der Waals surface area contributed by atoms with E-state index in [4.69, 9.17) is 4.42 Å². The van der Waals surface area contributed by atoms with Crippen molar-refractivity contribution in [3.8, 4) is 0 Å².